The summed E-state index contributed by atoms with van der Waals surface area (Å²) < 4.78 is 49.8. The quantitative estimate of drug-likeness (QED) is 0.370. The van der Waals surface area contributed by atoms with Crippen molar-refractivity contribution >= 4 is 44.2 Å². The Labute approximate surface area is 227 Å². The minimum Gasteiger partial charge on any atom is -0.489 e. The van der Waals surface area contributed by atoms with Crippen molar-refractivity contribution < 1.29 is 17.4 Å². The minimum absolute atomic E-state index is 0.0101. The summed E-state index contributed by atoms with van der Waals surface area (Å²) in [6.07, 6.45) is 2.78. The van der Waals surface area contributed by atoms with E-state index >= 15 is 0 Å². The molecule has 0 aromatic heterocycles. The van der Waals surface area contributed by atoms with Crippen LogP contribution in [0.4, 0.5) is 0 Å². The molecule has 1 heterocycles. The zero-order valence-electron chi connectivity index (χ0n) is 21.1. The highest BCUT2D eigenvalue weighted by Gasteiger charge is 2.36. The fourth-order valence-electron chi connectivity index (χ4n) is 4.08. The molecule has 1 aliphatic heterocycles. The number of benzene rings is 2. The van der Waals surface area contributed by atoms with E-state index in [9.17, 15) is 12.6 Å². The van der Waals surface area contributed by atoms with E-state index in [4.69, 9.17) is 27.9 Å². The average Bonchev–Trinajstić information content (AvgIpc) is 2.82. The summed E-state index contributed by atoms with van der Waals surface area (Å²) in [6.45, 7) is 12.3. The summed E-state index contributed by atoms with van der Waals surface area (Å²) in [4.78, 5) is 0.291. The molecule has 0 aliphatic carbocycles. The van der Waals surface area contributed by atoms with Crippen LogP contribution in [0.3, 0.4) is 0 Å². The zero-order chi connectivity index (χ0) is 26.7. The maximum Gasteiger partial charge on any atom is 0.243 e. The third kappa shape index (κ3) is 6.91. The fraction of sp³-hybridized carbons (Fsp3) is 0.462. The van der Waals surface area contributed by atoms with E-state index in [2.05, 4.69) is 11.3 Å². The van der Waals surface area contributed by atoms with Gasteiger partial charge in [-0.2, -0.15) is 4.31 Å². The van der Waals surface area contributed by atoms with Gasteiger partial charge in [0.05, 0.1) is 36.7 Å². The first-order valence-corrected chi connectivity index (χ1v) is 15.2. The van der Waals surface area contributed by atoms with Crippen LogP contribution in [0.1, 0.15) is 50.8 Å². The molecule has 0 amide bonds. The van der Waals surface area contributed by atoms with Gasteiger partial charge in [-0.25, -0.2) is 17.3 Å². The smallest absolute Gasteiger partial charge is 0.243 e. The highest BCUT2D eigenvalue weighted by atomic mass is 35.5. The molecule has 1 N–H and O–H groups in total. The number of hydrogen-bond donors (Lipinski definition) is 1. The minimum atomic E-state index is -3.59. The SMILES string of the molecule is C=CCOc1cc(Cl)c(Cl)cc1C(NS(=O)C(C)(C)C)C1CCN(S(=O)(=O)c2ccc(C)cc2)CC1. The molecule has 2 unspecified atom stereocenters. The van der Waals surface area contributed by atoms with Crippen molar-refractivity contribution in [2.75, 3.05) is 19.7 Å². The van der Waals surface area contributed by atoms with Gasteiger partial charge in [-0.05, 0) is 64.7 Å². The lowest BCUT2D eigenvalue weighted by molar-refractivity contribution is 0.234. The molecule has 0 saturated carbocycles. The van der Waals surface area contributed by atoms with Crippen LogP contribution in [0, 0.1) is 12.8 Å². The number of sulfonamides is 1. The normalized spacial score (nSPS) is 17.5. The lowest BCUT2D eigenvalue weighted by Crippen LogP contribution is -2.44. The molecular weight excluding hydrogens is 539 g/mol. The lowest BCUT2D eigenvalue weighted by Gasteiger charge is -2.37. The number of halogens is 2. The molecular formula is C26H34Cl2N2O4S2. The van der Waals surface area contributed by atoms with E-state index in [1.54, 1.807) is 42.5 Å². The summed E-state index contributed by atoms with van der Waals surface area (Å²) in [7, 11) is -4.98. The van der Waals surface area contributed by atoms with Crippen LogP contribution in [-0.2, 0) is 21.0 Å². The van der Waals surface area contributed by atoms with E-state index in [1.165, 1.54) is 4.31 Å². The maximum atomic E-state index is 13.2. The van der Waals surface area contributed by atoms with Crippen molar-refractivity contribution in [1.29, 1.82) is 0 Å². The molecule has 1 saturated heterocycles. The van der Waals surface area contributed by atoms with Crippen LogP contribution in [0.5, 0.6) is 5.75 Å². The second-order valence-corrected chi connectivity index (χ2v) is 14.7. The first kappa shape index (κ1) is 29.1. The van der Waals surface area contributed by atoms with E-state index in [0.29, 0.717) is 46.6 Å². The van der Waals surface area contributed by atoms with Gasteiger partial charge in [0.2, 0.25) is 10.0 Å². The Kier molecular flexibility index (Phi) is 9.69. The molecule has 1 fully saturated rings. The van der Waals surface area contributed by atoms with Crippen LogP contribution in [0.15, 0.2) is 53.9 Å². The van der Waals surface area contributed by atoms with Crippen LogP contribution in [0.25, 0.3) is 0 Å². The van der Waals surface area contributed by atoms with Gasteiger partial charge in [-0.1, -0.05) is 53.6 Å². The van der Waals surface area contributed by atoms with E-state index in [0.717, 1.165) is 11.1 Å². The zero-order valence-corrected chi connectivity index (χ0v) is 24.2. The van der Waals surface area contributed by atoms with Crippen molar-refractivity contribution in [2.45, 2.75) is 56.2 Å². The molecule has 0 radical (unpaired) electrons. The van der Waals surface area contributed by atoms with E-state index in [1.807, 2.05) is 27.7 Å². The summed E-state index contributed by atoms with van der Waals surface area (Å²) in [5, 5.41) is 0.722. The molecule has 3 rings (SSSR count). The van der Waals surface area contributed by atoms with Gasteiger partial charge in [0.25, 0.3) is 0 Å². The molecule has 198 valence electrons. The first-order chi connectivity index (χ1) is 16.8. The van der Waals surface area contributed by atoms with Gasteiger partial charge >= 0.3 is 0 Å². The van der Waals surface area contributed by atoms with E-state index < -0.39 is 25.8 Å². The number of aryl methyl sites for hydroxylation is 1. The highest BCUT2D eigenvalue weighted by Crippen LogP contribution is 2.41. The molecule has 0 bridgehead atoms. The Morgan fingerprint density at radius 3 is 2.31 bits per heavy atom. The van der Waals surface area contributed by atoms with Gasteiger partial charge in [0.1, 0.15) is 12.4 Å². The molecule has 2 atom stereocenters. The Bertz CT molecular complexity index is 1200. The van der Waals surface area contributed by atoms with Crippen molar-refractivity contribution in [3.63, 3.8) is 0 Å². The molecule has 10 heteroatoms. The van der Waals surface area contributed by atoms with Gasteiger partial charge in [-0.15, -0.1) is 0 Å². The second-order valence-electron chi connectivity index (χ2n) is 9.94. The van der Waals surface area contributed by atoms with Gasteiger partial charge in [-0.3, -0.25) is 0 Å². The summed E-state index contributed by atoms with van der Waals surface area (Å²) >= 11 is 12.7. The number of piperidine rings is 1. The summed E-state index contributed by atoms with van der Waals surface area (Å²) in [5.74, 6) is 0.520. The van der Waals surface area contributed by atoms with Crippen molar-refractivity contribution in [2.24, 2.45) is 5.92 Å². The van der Waals surface area contributed by atoms with E-state index in [-0.39, 0.29) is 18.6 Å². The third-order valence-corrected chi connectivity index (χ3v) is 10.4. The molecule has 6 nitrogen and oxygen atoms in total. The third-order valence-electron chi connectivity index (χ3n) is 6.16. The van der Waals surface area contributed by atoms with Crippen LogP contribution >= 0.6 is 23.2 Å². The highest BCUT2D eigenvalue weighted by molar-refractivity contribution is 7.89. The van der Waals surface area contributed by atoms with Crippen LogP contribution in [0.2, 0.25) is 10.0 Å². The number of nitrogens with one attached hydrogen (secondary N) is 1. The fourth-order valence-corrected chi connectivity index (χ4v) is 6.77. The first-order valence-electron chi connectivity index (χ1n) is 11.8. The number of rotatable bonds is 9. The Hall–Kier alpha value is -1.42. The second kappa shape index (κ2) is 12.0. The molecule has 2 aromatic carbocycles. The standard InChI is InChI=1S/C26H34Cl2N2O4S2/c1-6-15-34-24-17-23(28)22(27)16-21(24)25(29-35(31)26(3,4)5)19-11-13-30(14-12-19)36(32,33)20-9-7-18(2)8-10-20/h6-10,16-17,19,25,29H,1,11-15H2,2-5H3. The van der Waals surface area contributed by atoms with Crippen LogP contribution in [-0.4, -0.2) is 41.4 Å². The van der Waals surface area contributed by atoms with Crippen molar-refractivity contribution in [3.05, 3.63) is 70.2 Å². The van der Waals surface area contributed by atoms with Gasteiger partial charge in [0, 0.05) is 24.7 Å². The summed E-state index contributed by atoms with van der Waals surface area (Å²) in [5.41, 5.74) is 1.74. The molecule has 1 aliphatic rings. The number of ether oxygens (including phenoxy) is 1. The monoisotopic (exact) mass is 572 g/mol. The van der Waals surface area contributed by atoms with Gasteiger partial charge < -0.3 is 4.74 Å². The number of nitrogens with zero attached hydrogens (tertiary/aromatic N) is 1. The molecule has 36 heavy (non-hydrogen) atoms. The Morgan fingerprint density at radius 1 is 1.17 bits per heavy atom. The molecule has 2 aromatic rings. The largest absolute Gasteiger partial charge is 0.489 e. The van der Waals surface area contributed by atoms with Gasteiger partial charge in [0.15, 0.2) is 0 Å². The average molecular weight is 574 g/mol. The van der Waals surface area contributed by atoms with Crippen molar-refractivity contribution in [1.82, 2.24) is 9.03 Å². The maximum absolute atomic E-state index is 13.2. The topological polar surface area (TPSA) is 75.7 Å². The van der Waals surface area contributed by atoms with Crippen molar-refractivity contribution in [3.8, 4) is 5.75 Å². The summed E-state index contributed by atoms with van der Waals surface area (Å²) in [6, 6.07) is 9.92. The number of hydrogen-bond acceptors (Lipinski definition) is 4. The molecule has 0 spiro atoms. The Morgan fingerprint density at radius 2 is 1.75 bits per heavy atom. The predicted octanol–water partition coefficient (Wildman–Crippen LogP) is 6.06. The van der Waals surface area contributed by atoms with Crippen LogP contribution < -0.4 is 9.46 Å². The predicted molar refractivity (Wildman–Crippen MR) is 149 cm³/mol. The Balaban J connectivity index is 1.91. The lowest BCUT2D eigenvalue weighted by atomic mass is 9.86.